The van der Waals surface area contributed by atoms with Gasteiger partial charge in [0.2, 0.25) is 0 Å². The van der Waals surface area contributed by atoms with E-state index in [1.807, 2.05) is 0 Å². The van der Waals surface area contributed by atoms with Crippen molar-refractivity contribution >= 4 is 58.0 Å². The van der Waals surface area contributed by atoms with E-state index in [1.165, 1.54) is 17.1 Å². The summed E-state index contributed by atoms with van der Waals surface area (Å²) in [5.74, 6) is -3.34. The van der Waals surface area contributed by atoms with Crippen LogP contribution in [-0.2, 0) is 11.3 Å². The lowest BCUT2D eigenvalue weighted by atomic mass is 10.1. The molecule has 0 N–H and O–H groups in total. The lowest BCUT2D eigenvalue weighted by Gasteiger charge is -2.29. The second-order valence-corrected chi connectivity index (χ2v) is 7.62. The van der Waals surface area contributed by atoms with Gasteiger partial charge in [0.1, 0.15) is 5.92 Å². The molecule has 2 aromatic carbocycles. The van der Waals surface area contributed by atoms with Crippen LogP contribution in [0.2, 0.25) is 20.1 Å². The van der Waals surface area contributed by atoms with Crippen LogP contribution in [0.1, 0.15) is 5.56 Å². The Hall–Kier alpha value is -1.18. The smallest absolute Gasteiger partial charge is 0.272 e. The monoisotopic (exact) mass is 456 g/mol. The normalized spacial score (nSPS) is 18.4. The minimum absolute atomic E-state index is 0.0234. The number of benzene rings is 2. The molecule has 3 nitrogen and oxygen atoms in total. The number of nitrogens with zero attached hydrogens (tertiary/aromatic N) is 2. The van der Waals surface area contributed by atoms with Gasteiger partial charge in [-0.15, -0.1) is 0 Å². The zero-order chi connectivity index (χ0) is 19.9. The Kier molecular flexibility index (Phi) is 5.85. The Morgan fingerprint density at radius 2 is 1.52 bits per heavy atom. The van der Waals surface area contributed by atoms with Crippen molar-refractivity contribution in [2.45, 2.75) is 12.7 Å². The Balaban J connectivity index is 2.03. The summed E-state index contributed by atoms with van der Waals surface area (Å²) in [6.45, 7) is -0.523. The molecule has 1 unspecified atom stereocenters. The molecule has 27 heavy (non-hydrogen) atoms. The molecular formula is C17H11Cl4F3N2O. The van der Waals surface area contributed by atoms with Gasteiger partial charge in [0.05, 0.1) is 15.7 Å². The molecule has 2 aromatic rings. The van der Waals surface area contributed by atoms with E-state index in [0.717, 1.165) is 5.01 Å². The van der Waals surface area contributed by atoms with Gasteiger partial charge in [0, 0.05) is 23.1 Å². The average Bonchev–Trinajstić information content (AvgIpc) is 2.86. The van der Waals surface area contributed by atoms with E-state index >= 15 is 0 Å². The van der Waals surface area contributed by atoms with E-state index in [4.69, 9.17) is 46.4 Å². The van der Waals surface area contributed by atoms with Gasteiger partial charge in [-0.2, -0.15) is 13.2 Å². The molecule has 1 atom stereocenters. The Morgan fingerprint density at radius 3 is 2.04 bits per heavy atom. The molecule has 0 spiro atoms. The van der Waals surface area contributed by atoms with Gasteiger partial charge >= 0.3 is 6.18 Å². The van der Waals surface area contributed by atoms with E-state index in [2.05, 4.69) is 0 Å². The summed E-state index contributed by atoms with van der Waals surface area (Å²) in [5.41, 5.74) is 0.634. The molecular weight excluding hydrogens is 447 g/mol. The number of rotatable bonds is 3. The number of carbonyl (C=O) groups excluding carboxylic acids is 1. The van der Waals surface area contributed by atoms with E-state index in [0.29, 0.717) is 10.6 Å². The number of halogens is 7. The zero-order valence-corrected chi connectivity index (χ0v) is 16.4. The van der Waals surface area contributed by atoms with Gasteiger partial charge in [0.25, 0.3) is 5.91 Å². The van der Waals surface area contributed by atoms with Crippen LogP contribution in [0, 0.1) is 5.92 Å². The van der Waals surface area contributed by atoms with Crippen molar-refractivity contribution < 1.29 is 18.0 Å². The summed E-state index contributed by atoms with van der Waals surface area (Å²) >= 11 is 24.0. The van der Waals surface area contributed by atoms with E-state index < -0.39 is 24.5 Å². The Labute approximate surface area is 173 Å². The molecule has 1 aliphatic heterocycles. The molecule has 1 fully saturated rings. The highest BCUT2D eigenvalue weighted by Crippen LogP contribution is 2.43. The molecule has 10 heteroatoms. The molecule has 1 amide bonds. The summed E-state index contributed by atoms with van der Waals surface area (Å²) < 4.78 is 40.1. The molecule has 0 saturated carbocycles. The van der Waals surface area contributed by atoms with Crippen LogP contribution < -0.4 is 5.01 Å². The first kappa shape index (κ1) is 20.6. The lowest BCUT2D eigenvalue weighted by molar-refractivity contribution is -0.175. The van der Waals surface area contributed by atoms with Crippen molar-refractivity contribution in [3.05, 3.63) is 62.1 Å². The van der Waals surface area contributed by atoms with Crippen LogP contribution in [0.15, 0.2) is 36.4 Å². The van der Waals surface area contributed by atoms with Crippen LogP contribution >= 0.6 is 46.4 Å². The third-order valence-electron chi connectivity index (χ3n) is 4.05. The first-order chi connectivity index (χ1) is 12.6. The molecule has 0 bridgehead atoms. The van der Waals surface area contributed by atoms with Gasteiger partial charge in [-0.1, -0.05) is 58.5 Å². The Bertz CT molecular complexity index is 850. The fourth-order valence-corrected chi connectivity index (χ4v) is 3.93. The summed E-state index contributed by atoms with van der Waals surface area (Å²) in [7, 11) is 0. The number of hydrogen-bond donors (Lipinski definition) is 0. The highest BCUT2D eigenvalue weighted by molar-refractivity contribution is 6.42. The largest absolute Gasteiger partial charge is 0.401 e. The third-order valence-corrected chi connectivity index (χ3v) is 5.10. The zero-order valence-electron chi connectivity index (χ0n) is 13.4. The molecule has 1 aliphatic rings. The molecule has 144 valence electrons. The van der Waals surface area contributed by atoms with Crippen molar-refractivity contribution in [1.29, 1.82) is 0 Å². The van der Waals surface area contributed by atoms with Gasteiger partial charge < -0.3 is 0 Å². The summed E-state index contributed by atoms with van der Waals surface area (Å²) in [4.78, 5) is 12.6. The molecule has 0 aliphatic carbocycles. The van der Waals surface area contributed by atoms with Crippen molar-refractivity contribution in [1.82, 2.24) is 5.01 Å². The standard InChI is InChI=1S/C17H11Cl4F3N2O/c18-10-3-1-9(2-4-10)7-25-8-12(17(22,23)24)16(27)26(25)15-13(20)5-11(19)6-14(15)21/h1-6,12H,7-8H2. The fourth-order valence-electron chi connectivity index (χ4n) is 2.83. The van der Waals surface area contributed by atoms with Crippen LogP contribution in [0.5, 0.6) is 0 Å². The van der Waals surface area contributed by atoms with Crippen LogP contribution in [0.25, 0.3) is 0 Å². The van der Waals surface area contributed by atoms with Gasteiger partial charge in [-0.3, -0.25) is 4.79 Å². The lowest BCUT2D eigenvalue weighted by Crippen LogP contribution is -2.39. The average molecular weight is 458 g/mol. The highest BCUT2D eigenvalue weighted by Gasteiger charge is 2.54. The minimum atomic E-state index is -4.70. The molecule has 3 rings (SSSR count). The van der Waals surface area contributed by atoms with Gasteiger partial charge in [-0.05, 0) is 29.8 Å². The highest BCUT2D eigenvalue weighted by atomic mass is 35.5. The number of hydrogen-bond acceptors (Lipinski definition) is 2. The quantitative estimate of drug-likeness (QED) is 0.544. The number of hydrazine groups is 1. The van der Waals surface area contributed by atoms with Crippen molar-refractivity contribution in [3.8, 4) is 0 Å². The predicted molar refractivity (Wildman–Crippen MR) is 100 cm³/mol. The van der Waals surface area contributed by atoms with Gasteiger partial charge in [0.15, 0.2) is 0 Å². The van der Waals surface area contributed by atoms with E-state index in [1.54, 1.807) is 24.3 Å². The number of amides is 1. The topological polar surface area (TPSA) is 23.6 Å². The molecule has 1 heterocycles. The van der Waals surface area contributed by atoms with Crippen molar-refractivity contribution in [2.75, 3.05) is 11.6 Å². The van der Waals surface area contributed by atoms with E-state index in [9.17, 15) is 18.0 Å². The fraction of sp³-hybridized carbons (Fsp3) is 0.235. The number of carbonyl (C=O) groups is 1. The van der Waals surface area contributed by atoms with Crippen molar-refractivity contribution in [3.63, 3.8) is 0 Å². The van der Waals surface area contributed by atoms with E-state index in [-0.39, 0.29) is 27.3 Å². The van der Waals surface area contributed by atoms with Crippen LogP contribution in [-0.4, -0.2) is 23.6 Å². The Morgan fingerprint density at radius 1 is 0.963 bits per heavy atom. The second-order valence-electron chi connectivity index (χ2n) is 5.94. The SMILES string of the molecule is O=C1C(C(F)(F)F)CN(Cc2ccc(Cl)cc2)N1c1c(Cl)cc(Cl)cc1Cl. The first-order valence-electron chi connectivity index (χ1n) is 7.62. The number of alkyl halides is 3. The summed E-state index contributed by atoms with van der Waals surface area (Å²) in [6.07, 6.45) is -4.70. The first-order valence-corrected chi connectivity index (χ1v) is 9.13. The summed E-state index contributed by atoms with van der Waals surface area (Å²) in [5, 5.41) is 2.79. The maximum Gasteiger partial charge on any atom is 0.401 e. The third kappa shape index (κ3) is 4.30. The minimum Gasteiger partial charge on any atom is -0.272 e. The summed E-state index contributed by atoms with van der Waals surface area (Å²) in [6, 6.07) is 9.19. The molecule has 0 radical (unpaired) electrons. The predicted octanol–water partition coefficient (Wildman–Crippen LogP) is 6.24. The van der Waals surface area contributed by atoms with Crippen LogP contribution in [0.3, 0.4) is 0 Å². The second kappa shape index (κ2) is 7.68. The van der Waals surface area contributed by atoms with Crippen molar-refractivity contribution in [2.24, 2.45) is 5.92 Å². The maximum atomic E-state index is 13.4. The van der Waals surface area contributed by atoms with Gasteiger partial charge in [-0.25, -0.2) is 10.0 Å². The molecule has 0 aromatic heterocycles. The van der Waals surface area contributed by atoms with Crippen LogP contribution in [0.4, 0.5) is 18.9 Å². The molecule has 1 saturated heterocycles. The number of anilines is 1. The maximum absolute atomic E-state index is 13.4.